The topological polar surface area (TPSA) is 124 Å². The smallest absolute Gasteiger partial charge is 0.308 e. The van der Waals surface area contributed by atoms with Crippen LogP contribution in [0.4, 0.5) is 0 Å². The van der Waals surface area contributed by atoms with Crippen LogP contribution in [0.3, 0.4) is 0 Å². The minimum atomic E-state index is -0.546. The number of hydrogen-bond donors (Lipinski definition) is 0. The van der Waals surface area contributed by atoms with Gasteiger partial charge in [-0.15, -0.1) is 0 Å². The number of esters is 3. The fourth-order valence-corrected chi connectivity index (χ4v) is 4.16. The minimum absolute atomic E-state index is 0.0546. The molecule has 198 valence electrons. The van der Waals surface area contributed by atoms with E-state index in [0.717, 1.165) is 5.56 Å². The fourth-order valence-electron chi connectivity index (χ4n) is 4.16. The molecule has 0 bridgehead atoms. The summed E-state index contributed by atoms with van der Waals surface area (Å²) in [5.41, 5.74) is 1.18. The molecule has 2 aromatic rings. The van der Waals surface area contributed by atoms with E-state index in [1.54, 1.807) is 24.3 Å². The zero-order valence-corrected chi connectivity index (χ0v) is 21.4. The number of methoxy groups -OCH3 is 2. The highest BCUT2D eigenvalue weighted by molar-refractivity contribution is 5.97. The van der Waals surface area contributed by atoms with Crippen molar-refractivity contribution in [3.8, 4) is 23.0 Å². The Morgan fingerprint density at radius 1 is 0.811 bits per heavy atom. The molecule has 0 aliphatic carbocycles. The Morgan fingerprint density at radius 3 is 1.97 bits per heavy atom. The number of ketones is 1. The lowest BCUT2D eigenvalue weighted by Gasteiger charge is -2.19. The van der Waals surface area contributed by atoms with Gasteiger partial charge in [0.25, 0.3) is 0 Å². The van der Waals surface area contributed by atoms with Crippen LogP contribution in [0.1, 0.15) is 49.5 Å². The van der Waals surface area contributed by atoms with Crippen LogP contribution in [0.2, 0.25) is 0 Å². The van der Waals surface area contributed by atoms with Crippen molar-refractivity contribution in [1.29, 1.82) is 0 Å². The van der Waals surface area contributed by atoms with E-state index in [2.05, 4.69) is 0 Å². The van der Waals surface area contributed by atoms with E-state index >= 15 is 0 Å². The highest BCUT2D eigenvalue weighted by atomic mass is 16.6. The van der Waals surface area contributed by atoms with Crippen LogP contribution < -0.4 is 18.9 Å². The molecule has 0 amide bonds. The first-order valence-electron chi connectivity index (χ1n) is 11.7. The van der Waals surface area contributed by atoms with Crippen LogP contribution in [0.25, 0.3) is 0 Å². The van der Waals surface area contributed by atoms with E-state index in [-0.39, 0.29) is 23.7 Å². The van der Waals surface area contributed by atoms with Gasteiger partial charge < -0.3 is 28.4 Å². The highest BCUT2D eigenvalue weighted by Gasteiger charge is 2.38. The van der Waals surface area contributed by atoms with Crippen LogP contribution >= 0.6 is 0 Å². The molecule has 0 unspecified atom stereocenters. The Bertz CT molecular complexity index is 1170. The number of Topliss-reactive ketones (excluding diaryl/α,β-unsaturated/α-hetero) is 1. The monoisotopic (exact) mass is 514 g/mol. The molecule has 0 saturated carbocycles. The van der Waals surface area contributed by atoms with Gasteiger partial charge in [0, 0.05) is 45.6 Å². The molecule has 10 heteroatoms. The van der Waals surface area contributed by atoms with Gasteiger partial charge in [-0.2, -0.15) is 0 Å². The fraction of sp³-hybridized carbons (Fsp3) is 0.407. The van der Waals surface area contributed by atoms with Crippen molar-refractivity contribution in [2.45, 2.75) is 58.3 Å². The average Bonchev–Trinajstić information content (AvgIpc) is 3.18. The average molecular weight is 515 g/mol. The van der Waals surface area contributed by atoms with Gasteiger partial charge in [-0.25, -0.2) is 0 Å². The second-order valence-corrected chi connectivity index (χ2v) is 8.55. The van der Waals surface area contributed by atoms with Crippen molar-refractivity contribution in [3.63, 3.8) is 0 Å². The number of rotatable bonds is 10. The third kappa shape index (κ3) is 7.53. The normalized spacial score (nSPS) is 18.6. The van der Waals surface area contributed by atoms with Crippen molar-refractivity contribution in [2.24, 2.45) is 0 Å². The van der Waals surface area contributed by atoms with Gasteiger partial charge in [0.05, 0.1) is 26.4 Å². The molecule has 1 aliphatic rings. The molecule has 0 N–H and O–H groups in total. The van der Waals surface area contributed by atoms with Crippen molar-refractivity contribution >= 4 is 23.7 Å². The van der Waals surface area contributed by atoms with Crippen molar-refractivity contribution in [1.82, 2.24) is 0 Å². The van der Waals surface area contributed by atoms with E-state index in [4.69, 9.17) is 28.4 Å². The molecule has 1 aliphatic heterocycles. The molecule has 1 heterocycles. The molecule has 10 nitrogen and oxygen atoms in total. The summed E-state index contributed by atoms with van der Waals surface area (Å²) in [4.78, 5) is 47.3. The van der Waals surface area contributed by atoms with E-state index in [1.807, 2.05) is 0 Å². The molecule has 3 atom stereocenters. The Balaban J connectivity index is 1.73. The summed E-state index contributed by atoms with van der Waals surface area (Å²) in [5, 5.41) is 0. The molecule has 2 aromatic carbocycles. The summed E-state index contributed by atoms with van der Waals surface area (Å²) in [6, 6.07) is 9.68. The number of benzene rings is 2. The standard InChI is InChI=1S/C27H30O10/c1-15(28)34-22-8-6-18(10-24(22)32-4)11-26-27(36-17(3)30)14-20(37-26)13-21(31)19-7-9-23(35-16(2)29)25(12-19)33-5/h6-10,12,20,26-27H,11,13-14H2,1-5H3/t20-,26+,27+/m0/s1. The Labute approximate surface area is 214 Å². The summed E-state index contributed by atoms with van der Waals surface area (Å²) >= 11 is 0. The molecule has 0 spiro atoms. The zero-order chi connectivity index (χ0) is 27.1. The first-order chi connectivity index (χ1) is 17.6. The summed E-state index contributed by atoms with van der Waals surface area (Å²) in [6.45, 7) is 3.90. The van der Waals surface area contributed by atoms with Gasteiger partial charge in [0.15, 0.2) is 28.8 Å². The van der Waals surface area contributed by atoms with Crippen molar-refractivity contribution in [3.05, 3.63) is 47.5 Å². The van der Waals surface area contributed by atoms with Gasteiger partial charge in [0.2, 0.25) is 0 Å². The molecule has 0 aromatic heterocycles. The van der Waals surface area contributed by atoms with Crippen LogP contribution in [-0.2, 0) is 30.3 Å². The maximum atomic E-state index is 13.0. The van der Waals surface area contributed by atoms with Gasteiger partial charge >= 0.3 is 17.9 Å². The highest BCUT2D eigenvalue weighted by Crippen LogP contribution is 2.34. The second kappa shape index (κ2) is 12.4. The van der Waals surface area contributed by atoms with Crippen LogP contribution in [0.15, 0.2) is 36.4 Å². The number of hydrogen-bond acceptors (Lipinski definition) is 10. The third-order valence-corrected chi connectivity index (χ3v) is 5.67. The molecular formula is C27H30O10. The lowest BCUT2D eigenvalue weighted by Crippen LogP contribution is -2.28. The van der Waals surface area contributed by atoms with Crippen molar-refractivity contribution in [2.75, 3.05) is 14.2 Å². The molecular weight excluding hydrogens is 484 g/mol. The predicted octanol–water partition coefficient (Wildman–Crippen LogP) is 3.46. The van der Waals surface area contributed by atoms with E-state index in [9.17, 15) is 19.2 Å². The first kappa shape index (κ1) is 27.7. The maximum Gasteiger partial charge on any atom is 0.308 e. The minimum Gasteiger partial charge on any atom is -0.493 e. The summed E-state index contributed by atoms with van der Waals surface area (Å²) in [7, 11) is 2.88. The van der Waals surface area contributed by atoms with Crippen LogP contribution in [0, 0.1) is 0 Å². The Morgan fingerprint density at radius 2 is 1.41 bits per heavy atom. The zero-order valence-electron chi connectivity index (χ0n) is 21.4. The molecule has 1 saturated heterocycles. The molecule has 1 fully saturated rings. The van der Waals surface area contributed by atoms with E-state index in [1.165, 1.54) is 47.1 Å². The Kier molecular flexibility index (Phi) is 9.24. The van der Waals surface area contributed by atoms with E-state index < -0.39 is 36.2 Å². The van der Waals surface area contributed by atoms with Crippen molar-refractivity contribution < 1.29 is 47.6 Å². The van der Waals surface area contributed by atoms with Gasteiger partial charge in [-0.1, -0.05) is 6.07 Å². The molecule has 0 radical (unpaired) electrons. The quantitative estimate of drug-likeness (QED) is 0.264. The van der Waals surface area contributed by atoms with Crippen LogP contribution in [-0.4, -0.2) is 56.2 Å². The van der Waals surface area contributed by atoms with Gasteiger partial charge in [-0.05, 0) is 35.9 Å². The predicted molar refractivity (Wildman–Crippen MR) is 130 cm³/mol. The summed E-state index contributed by atoms with van der Waals surface area (Å²) < 4.78 is 32.4. The molecule has 37 heavy (non-hydrogen) atoms. The Hall–Kier alpha value is -3.92. The first-order valence-corrected chi connectivity index (χ1v) is 11.7. The lowest BCUT2D eigenvalue weighted by atomic mass is 10.00. The second-order valence-electron chi connectivity index (χ2n) is 8.55. The summed E-state index contributed by atoms with van der Waals surface area (Å²) in [5.74, 6) is -0.464. The van der Waals surface area contributed by atoms with Gasteiger partial charge in [-0.3, -0.25) is 19.2 Å². The number of carbonyl (C=O) groups is 4. The van der Waals surface area contributed by atoms with Gasteiger partial charge in [0.1, 0.15) is 6.10 Å². The number of carbonyl (C=O) groups excluding carboxylic acids is 4. The van der Waals surface area contributed by atoms with E-state index in [0.29, 0.717) is 29.9 Å². The largest absolute Gasteiger partial charge is 0.493 e. The maximum absolute atomic E-state index is 13.0. The number of ether oxygens (including phenoxy) is 6. The summed E-state index contributed by atoms with van der Waals surface area (Å²) in [6.07, 6.45) is -0.740. The molecule has 3 rings (SSSR count). The SMILES string of the molecule is COc1cc(C[C@H]2O[C@@H](CC(=O)c3ccc(OC(C)=O)c(OC)c3)C[C@H]2OC(C)=O)ccc1OC(C)=O. The van der Waals surface area contributed by atoms with Crippen LogP contribution in [0.5, 0.6) is 23.0 Å². The third-order valence-electron chi connectivity index (χ3n) is 5.67. The lowest BCUT2D eigenvalue weighted by molar-refractivity contribution is -0.149.